The van der Waals surface area contributed by atoms with Gasteiger partial charge in [0, 0.05) is 23.1 Å². The predicted molar refractivity (Wildman–Crippen MR) is 130 cm³/mol. The van der Waals surface area contributed by atoms with Gasteiger partial charge in [0.25, 0.3) is 10.1 Å². The van der Waals surface area contributed by atoms with Gasteiger partial charge >= 0.3 is 6.09 Å². The van der Waals surface area contributed by atoms with Crippen LogP contribution in [0.3, 0.4) is 0 Å². The number of thioether (sulfide) groups is 1. The molecule has 1 aliphatic rings. The van der Waals surface area contributed by atoms with Crippen LogP contribution in [-0.4, -0.2) is 72.4 Å². The fraction of sp³-hybridized carbons (Fsp3) is 0.591. The SMILES string of the molecule is CC(C)C[C@H](NC(=O)OCCSc1ccccc1)C(=O)N[C@@H](C[C@@H]1CCNC1=O)C(O)S(=O)(=O)O. The number of alkyl carbamates (subject to hydrolysis) is 1. The summed E-state index contributed by atoms with van der Waals surface area (Å²) in [7, 11) is -4.92. The molecule has 1 heterocycles. The van der Waals surface area contributed by atoms with E-state index in [0.717, 1.165) is 4.90 Å². The van der Waals surface area contributed by atoms with E-state index in [1.165, 1.54) is 11.8 Å². The van der Waals surface area contributed by atoms with Gasteiger partial charge in [-0.1, -0.05) is 32.0 Å². The molecule has 1 aromatic rings. The van der Waals surface area contributed by atoms with Crippen LogP contribution >= 0.6 is 11.8 Å². The fourth-order valence-corrected chi connectivity index (χ4v) is 4.96. The van der Waals surface area contributed by atoms with E-state index in [4.69, 9.17) is 4.74 Å². The maximum absolute atomic E-state index is 13.0. The Bertz CT molecular complexity index is 959. The molecular weight excluding hydrogens is 498 g/mol. The minimum Gasteiger partial charge on any atom is -0.449 e. The van der Waals surface area contributed by atoms with Crippen LogP contribution in [0.25, 0.3) is 0 Å². The molecule has 0 saturated carbocycles. The molecule has 0 aromatic heterocycles. The van der Waals surface area contributed by atoms with E-state index in [1.807, 2.05) is 44.2 Å². The van der Waals surface area contributed by atoms with Gasteiger partial charge < -0.3 is 25.8 Å². The third kappa shape index (κ3) is 10.0. The van der Waals surface area contributed by atoms with Crippen molar-refractivity contribution < 1.29 is 37.2 Å². The Morgan fingerprint density at radius 1 is 1.23 bits per heavy atom. The molecule has 35 heavy (non-hydrogen) atoms. The van der Waals surface area contributed by atoms with Gasteiger partial charge in [0.2, 0.25) is 17.3 Å². The number of aliphatic hydroxyl groups excluding tert-OH is 1. The van der Waals surface area contributed by atoms with Crippen molar-refractivity contribution in [2.45, 2.75) is 55.5 Å². The quantitative estimate of drug-likeness (QED) is 0.142. The van der Waals surface area contributed by atoms with Gasteiger partial charge in [0.15, 0.2) is 0 Å². The lowest BCUT2D eigenvalue weighted by Gasteiger charge is -2.27. The Morgan fingerprint density at radius 2 is 1.91 bits per heavy atom. The minimum absolute atomic E-state index is 0.0229. The van der Waals surface area contributed by atoms with E-state index in [9.17, 15) is 32.5 Å². The van der Waals surface area contributed by atoms with Crippen LogP contribution in [-0.2, 0) is 24.4 Å². The summed E-state index contributed by atoms with van der Waals surface area (Å²) in [5, 5.41) is 17.6. The van der Waals surface area contributed by atoms with E-state index < -0.39 is 45.6 Å². The van der Waals surface area contributed by atoms with Gasteiger partial charge in [0.1, 0.15) is 12.6 Å². The molecule has 1 saturated heterocycles. The number of aliphatic hydroxyl groups is 1. The molecule has 5 N–H and O–H groups in total. The first kappa shape index (κ1) is 28.9. The Morgan fingerprint density at radius 3 is 2.49 bits per heavy atom. The highest BCUT2D eigenvalue weighted by molar-refractivity contribution is 7.99. The molecule has 3 amide bonds. The summed E-state index contributed by atoms with van der Waals surface area (Å²) in [4.78, 5) is 38.2. The number of carbonyl (C=O) groups excluding carboxylic acids is 3. The summed E-state index contributed by atoms with van der Waals surface area (Å²) in [5.74, 6) is -1.25. The van der Waals surface area contributed by atoms with Crippen LogP contribution in [0.1, 0.15) is 33.1 Å². The number of benzene rings is 1. The van der Waals surface area contributed by atoms with Gasteiger partial charge in [-0.2, -0.15) is 8.42 Å². The number of ether oxygens (including phenoxy) is 1. The topological polar surface area (TPSA) is 171 Å². The van der Waals surface area contributed by atoms with Crippen LogP contribution in [0.5, 0.6) is 0 Å². The molecule has 0 aliphatic carbocycles. The molecule has 13 heteroatoms. The highest BCUT2D eigenvalue weighted by atomic mass is 32.2. The summed E-state index contributed by atoms with van der Waals surface area (Å²) in [6.07, 6.45) is -0.418. The second-order valence-corrected chi connectivity index (χ2v) is 11.3. The van der Waals surface area contributed by atoms with Gasteiger partial charge in [-0.15, -0.1) is 11.8 Å². The molecule has 1 fully saturated rings. The Kier molecular flexibility index (Phi) is 11.3. The minimum atomic E-state index is -4.92. The summed E-state index contributed by atoms with van der Waals surface area (Å²) in [6, 6.07) is 7.02. The number of carbonyl (C=O) groups is 3. The number of amides is 3. The monoisotopic (exact) mass is 531 g/mol. The van der Waals surface area contributed by atoms with Crippen LogP contribution in [0, 0.1) is 11.8 Å². The third-order valence-electron chi connectivity index (χ3n) is 5.32. The lowest BCUT2D eigenvalue weighted by Crippen LogP contribution is -2.55. The summed E-state index contributed by atoms with van der Waals surface area (Å²) in [5.41, 5.74) is -2.33. The highest BCUT2D eigenvalue weighted by Gasteiger charge is 2.37. The molecular formula is C22H33N3O8S2. The fourth-order valence-electron chi connectivity index (χ4n) is 3.61. The zero-order valence-corrected chi connectivity index (χ0v) is 21.3. The molecule has 0 spiro atoms. The van der Waals surface area contributed by atoms with Crippen molar-refractivity contribution in [1.29, 1.82) is 0 Å². The normalized spacial score (nSPS) is 18.4. The smallest absolute Gasteiger partial charge is 0.407 e. The summed E-state index contributed by atoms with van der Waals surface area (Å²) >= 11 is 1.50. The van der Waals surface area contributed by atoms with E-state index >= 15 is 0 Å². The van der Waals surface area contributed by atoms with Crippen LogP contribution < -0.4 is 16.0 Å². The van der Waals surface area contributed by atoms with Crippen LogP contribution in [0.15, 0.2) is 35.2 Å². The van der Waals surface area contributed by atoms with Gasteiger partial charge in [0.05, 0.1) is 6.04 Å². The first-order valence-corrected chi connectivity index (χ1v) is 13.8. The van der Waals surface area contributed by atoms with E-state index in [1.54, 1.807) is 0 Å². The molecule has 1 aromatic carbocycles. The number of rotatable bonds is 13. The number of nitrogens with one attached hydrogen (secondary N) is 3. The Labute approximate surface area is 209 Å². The van der Waals surface area contributed by atoms with E-state index in [0.29, 0.717) is 18.7 Å². The average molecular weight is 532 g/mol. The highest BCUT2D eigenvalue weighted by Crippen LogP contribution is 2.20. The van der Waals surface area contributed by atoms with Crippen molar-refractivity contribution in [3.63, 3.8) is 0 Å². The molecule has 2 rings (SSSR count). The Balaban J connectivity index is 1.98. The number of hydrogen-bond acceptors (Lipinski definition) is 8. The van der Waals surface area contributed by atoms with Crippen molar-refractivity contribution >= 4 is 39.8 Å². The molecule has 1 aliphatic heterocycles. The predicted octanol–water partition coefficient (Wildman–Crippen LogP) is 1.14. The summed E-state index contributed by atoms with van der Waals surface area (Å²) < 4.78 is 37.6. The first-order valence-electron chi connectivity index (χ1n) is 11.3. The molecule has 0 radical (unpaired) electrons. The van der Waals surface area contributed by atoms with Gasteiger partial charge in [-0.3, -0.25) is 14.1 Å². The molecule has 196 valence electrons. The molecule has 1 unspecified atom stereocenters. The molecule has 0 bridgehead atoms. The van der Waals surface area contributed by atoms with Gasteiger partial charge in [-0.05, 0) is 37.3 Å². The maximum atomic E-state index is 13.0. The van der Waals surface area contributed by atoms with Crippen molar-refractivity contribution in [3.8, 4) is 0 Å². The van der Waals surface area contributed by atoms with Crippen molar-refractivity contribution in [3.05, 3.63) is 30.3 Å². The van der Waals surface area contributed by atoms with E-state index in [-0.39, 0.29) is 31.3 Å². The zero-order valence-electron chi connectivity index (χ0n) is 19.7. The molecule has 4 atom stereocenters. The maximum Gasteiger partial charge on any atom is 0.407 e. The first-order chi connectivity index (χ1) is 16.5. The number of hydrogen-bond donors (Lipinski definition) is 5. The standard InChI is InChI=1S/C22H33N3O8S2/c1-14(2)12-17(25-22(29)33-10-11-34-16-6-4-3-5-7-16)20(27)24-18(21(28)35(30,31)32)13-15-8-9-23-19(15)26/h3-7,14-15,17-18,21,28H,8-13H2,1-2H3,(H,23,26)(H,24,27)(H,25,29)(H,30,31,32)/t15-,17-,18-,21?/m0/s1. The lowest BCUT2D eigenvalue weighted by atomic mass is 9.97. The Hall–Kier alpha value is -2.35. The van der Waals surface area contributed by atoms with Crippen molar-refractivity contribution in [2.75, 3.05) is 18.9 Å². The average Bonchev–Trinajstić information content (AvgIpc) is 3.19. The second-order valence-electron chi connectivity index (χ2n) is 8.66. The lowest BCUT2D eigenvalue weighted by molar-refractivity contribution is -0.126. The molecule has 11 nitrogen and oxygen atoms in total. The second kappa shape index (κ2) is 13.7. The summed E-state index contributed by atoms with van der Waals surface area (Å²) in [6.45, 7) is 4.15. The third-order valence-corrected chi connectivity index (χ3v) is 7.24. The van der Waals surface area contributed by atoms with Crippen LogP contribution in [0.4, 0.5) is 4.79 Å². The van der Waals surface area contributed by atoms with Crippen LogP contribution in [0.2, 0.25) is 0 Å². The van der Waals surface area contributed by atoms with Gasteiger partial charge in [-0.25, -0.2) is 4.79 Å². The van der Waals surface area contributed by atoms with Crippen molar-refractivity contribution in [1.82, 2.24) is 16.0 Å². The zero-order chi connectivity index (χ0) is 26.0. The van der Waals surface area contributed by atoms with E-state index in [2.05, 4.69) is 16.0 Å². The largest absolute Gasteiger partial charge is 0.449 e. The van der Waals surface area contributed by atoms with Crippen molar-refractivity contribution in [2.24, 2.45) is 11.8 Å².